The number of carbonyl (C=O) groups is 1. The van der Waals surface area contributed by atoms with Crippen LogP contribution in [-0.4, -0.2) is 18.1 Å². The predicted octanol–water partition coefficient (Wildman–Crippen LogP) is 3.10. The largest absolute Gasteiger partial charge is 0.489 e. The number of hydrogen-bond acceptors (Lipinski definition) is 3. The van der Waals surface area contributed by atoms with Crippen LogP contribution in [0.5, 0.6) is 5.75 Å². The summed E-state index contributed by atoms with van der Waals surface area (Å²) < 4.78 is 18.8. The lowest BCUT2D eigenvalue weighted by molar-refractivity contribution is -0.117. The Bertz CT molecular complexity index is 441. The van der Waals surface area contributed by atoms with Crippen LogP contribution in [0.15, 0.2) is 18.2 Å². The molecule has 0 aliphatic carbocycles. The maximum absolute atomic E-state index is 13.2. The Balaban J connectivity index is 0.00000361. The zero-order valence-corrected chi connectivity index (χ0v) is 12.8. The van der Waals surface area contributed by atoms with Gasteiger partial charge in [0.05, 0.1) is 17.8 Å². The van der Waals surface area contributed by atoms with Gasteiger partial charge in [-0.15, -0.1) is 12.4 Å². The molecule has 0 heterocycles. The zero-order chi connectivity index (χ0) is 14.4. The first kappa shape index (κ1) is 18.7. The lowest BCUT2D eigenvalue weighted by atomic mass is 10.1. The first-order valence-corrected chi connectivity index (χ1v) is 6.46. The van der Waals surface area contributed by atoms with Crippen molar-refractivity contribution < 1.29 is 13.9 Å². The van der Waals surface area contributed by atoms with Crippen molar-refractivity contribution >= 4 is 24.0 Å². The minimum Gasteiger partial charge on any atom is -0.489 e. The van der Waals surface area contributed by atoms with E-state index in [1.165, 1.54) is 18.2 Å². The van der Waals surface area contributed by atoms with E-state index in [1.54, 1.807) is 0 Å². The molecule has 0 bridgehead atoms. The van der Waals surface area contributed by atoms with Crippen molar-refractivity contribution in [2.75, 3.05) is 5.32 Å². The normalized spacial score (nSPS) is 11.7. The van der Waals surface area contributed by atoms with Gasteiger partial charge in [0.1, 0.15) is 11.6 Å². The third kappa shape index (κ3) is 5.75. The number of benzene rings is 1. The Kier molecular flexibility index (Phi) is 8.18. The Hall–Kier alpha value is -1.33. The van der Waals surface area contributed by atoms with E-state index < -0.39 is 11.9 Å². The average Bonchev–Trinajstić information content (AvgIpc) is 2.32. The van der Waals surface area contributed by atoms with Gasteiger partial charge in [-0.05, 0) is 32.4 Å². The molecule has 1 rings (SSSR count). The molecule has 0 fully saturated rings. The van der Waals surface area contributed by atoms with E-state index in [0.29, 0.717) is 17.9 Å². The molecule has 0 radical (unpaired) electrons. The molecular formula is C14H22ClFN2O2. The van der Waals surface area contributed by atoms with Crippen molar-refractivity contribution in [3.63, 3.8) is 0 Å². The topological polar surface area (TPSA) is 64.4 Å². The van der Waals surface area contributed by atoms with Crippen molar-refractivity contribution in [1.82, 2.24) is 0 Å². The van der Waals surface area contributed by atoms with Gasteiger partial charge < -0.3 is 15.8 Å². The Labute approximate surface area is 125 Å². The van der Waals surface area contributed by atoms with Crippen LogP contribution >= 0.6 is 12.4 Å². The summed E-state index contributed by atoms with van der Waals surface area (Å²) in [6.07, 6.45) is 1.33. The van der Waals surface area contributed by atoms with Crippen LogP contribution in [0.25, 0.3) is 0 Å². The van der Waals surface area contributed by atoms with E-state index in [4.69, 9.17) is 10.5 Å². The van der Waals surface area contributed by atoms with Gasteiger partial charge >= 0.3 is 0 Å². The maximum atomic E-state index is 13.2. The number of carbonyl (C=O) groups excluding carboxylic acids is 1. The van der Waals surface area contributed by atoms with Crippen molar-refractivity contribution in [3.05, 3.63) is 24.0 Å². The Morgan fingerprint density at radius 1 is 1.45 bits per heavy atom. The van der Waals surface area contributed by atoms with Crippen LogP contribution in [0.1, 0.15) is 33.6 Å². The highest BCUT2D eigenvalue weighted by atomic mass is 35.5. The van der Waals surface area contributed by atoms with Crippen LogP contribution < -0.4 is 15.8 Å². The number of halogens is 2. The van der Waals surface area contributed by atoms with Crippen LogP contribution in [0.3, 0.4) is 0 Å². The summed E-state index contributed by atoms with van der Waals surface area (Å²) in [7, 11) is 0. The number of hydrogen-bond donors (Lipinski definition) is 2. The molecule has 4 nitrogen and oxygen atoms in total. The SMILES string of the molecule is CCCC(N)C(=O)Nc1cc(F)ccc1OC(C)C.Cl. The monoisotopic (exact) mass is 304 g/mol. The van der Waals surface area contributed by atoms with Crippen molar-refractivity contribution in [3.8, 4) is 5.75 Å². The molecular weight excluding hydrogens is 283 g/mol. The smallest absolute Gasteiger partial charge is 0.241 e. The van der Waals surface area contributed by atoms with E-state index >= 15 is 0 Å². The van der Waals surface area contributed by atoms with Gasteiger partial charge in [-0.2, -0.15) is 0 Å². The average molecular weight is 305 g/mol. The Morgan fingerprint density at radius 2 is 2.10 bits per heavy atom. The van der Waals surface area contributed by atoms with Gasteiger partial charge in [0.15, 0.2) is 0 Å². The standard InChI is InChI=1S/C14H21FN2O2.ClH/c1-4-5-11(16)14(18)17-12-8-10(15)6-7-13(12)19-9(2)3;/h6-9,11H,4-5,16H2,1-3H3,(H,17,18);1H. The molecule has 0 saturated heterocycles. The van der Waals surface area contributed by atoms with Gasteiger partial charge in [-0.1, -0.05) is 13.3 Å². The second-order valence-electron chi connectivity index (χ2n) is 4.69. The number of rotatable bonds is 6. The molecule has 0 aliphatic heterocycles. The molecule has 6 heteroatoms. The van der Waals surface area contributed by atoms with Gasteiger partial charge in [0, 0.05) is 6.07 Å². The van der Waals surface area contributed by atoms with Crippen LogP contribution in [-0.2, 0) is 4.79 Å². The van der Waals surface area contributed by atoms with Crippen LogP contribution in [0.2, 0.25) is 0 Å². The molecule has 1 aromatic rings. The van der Waals surface area contributed by atoms with Crippen molar-refractivity contribution in [2.24, 2.45) is 5.73 Å². The first-order valence-electron chi connectivity index (χ1n) is 6.46. The van der Waals surface area contributed by atoms with E-state index in [9.17, 15) is 9.18 Å². The van der Waals surface area contributed by atoms with Crippen molar-refractivity contribution in [2.45, 2.75) is 45.8 Å². The van der Waals surface area contributed by atoms with E-state index in [1.807, 2.05) is 20.8 Å². The van der Waals surface area contributed by atoms with Crippen LogP contribution in [0.4, 0.5) is 10.1 Å². The number of anilines is 1. The molecule has 1 unspecified atom stereocenters. The third-order valence-corrected chi connectivity index (χ3v) is 2.50. The summed E-state index contributed by atoms with van der Waals surface area (Å²) in [6, 6.07) is 3.42. The summed E-state index contributed by atoms with van der Waals surface area (Å²) in [4.78, 5) is 11.8. The highest BCUT2D eigenvalue weighted by Gasteiger charge is 2.15. The third-order valence-electron chi connectivity index (χ3n) is 2.50. The highest BCUT2D eigenvalue weighted by Crippen LogP contribution is 2.26. The van der Waals surface area contributed by atoms with Gasteiger partial charge in [0.25, 0.3) is 0 Å². The molecule has 0 spiro atoms. The summed E-state index contributed by atoms with van der Waals surface area (Å²) in [5, 5.41) is 2.61. The minimum atomic E-state index is -0.597. The fraction of sp³-hybridized carbons (Fsp3) is 0.500. The number of amides is 1. The first-order chi connectivity index (χ1) is 8.93. The second kappa shape index (κ2) is 8.76. The number of ether oxygens (including phenoxy) is 1. The molecule has 1 atom stereocenters. The van der Waals surface area contributed by atoms with E-state index in [2.05, 4.69) is 5.32 Å². The summed E-state index contributed by atoms with van der Waals surface area (Å²) in [6.45, 7) is 5.66. The van der Waals surface area contributed by atoms with Gasteiger partial charge in [-0.3, -0.25) is 4.79 Å². The summed E-state index contributed by atoms with van der Waals surface area (Å²) >= 11 is 0. The fourth-order valence-corrected chi connectivity index (χ4v) is 1.62. The molecule has 1 amide bonds. The summed E-state index contributed by atoms with van der Waals surface area (Å²) in [5.41, 5.74) is 6.03. The van der Waals surface area contributed by atoms with Crippen molar-refractivity contribution in [1.29, 1.82) is 0 Å². The summed E-state index contributed by atoms with van der Waals surface area (Å²) in [5.74, 6) is -0.329. The zero-order valence-electron chi connectivity index (χ0n) is 12.0. The molecule has 0 aromatic heterocycles. The molecule has 0 saturated carbocycles. The number of nitrogens with one attached hydrogen (secondary N) is 1. The highest BCUT2D eigenvalue weighted by molar-refractivity contribution is 5.95. The lowest BCUT2D eigenvalue weighted by Gasteiger charge is -2.16. The van der Waals surface area contributed by atoms with Gasteiger partial charge in [0.2, 0.25) is 5.91 Å². The quantitative estimate of drug-likeness (QED) is 0.849. The molecule has 3 N–H and O–H groups in total. The molecule has 1 aromatic carbocycles. The minimum absolute atomic E-state index is 0. The van der Waals surface area contributed by atoms with Crippen LogP contribution in [0, 0.1) is 5.82 Å². The fourth-order valence-electron chi connectivity index (χ4n) is 1.62. The Morgan fingerprint density at radius 3 is 2.65 bits per heavy atom. The number of nitrogens with two attached hydrogens (primary N) is 1. The molecule has 20 heavy (non-hydrogen) atoms. The second-order valence-corrected chi connectivity index (χ2v) is 4.69. The lowest BCUT2D eigenvalue weighted by Crippen LogP contribution is -2.35. The van der Waals surface area contributed by atoms with E-state index in [0.717, 1.165) is 6.42 Å². The maximum Gasteiger partial charge on any atom is 0.241 e. The molecule has 0 aliphatic rings. The van der Waals surface area contributed by atoms with E-state index in [-0.39, 0.29) is 24.4 Å². The predicted molar refractivity (Wildman–Crippen MR) is 80.9 cm³/mol. The molecule has 114 valence electrons. The van der Waals surface area contributed by atoms with Gasteiger partial charge in [-0.25, -0.2) is 4.39 Å².